The predicted octanol–water partition coefficient (Wildman–Crippen LogP) is -0.523. The monoisotopic (exact) mass is 616 g/mol. The molecule has 44 heavy (non-hydrogen) atoms. The number of ether oxygens (including phenoxy) is 1. The fraction of sp³-hybridized carbons (Fsp3) is 0.655. The van der Waals surface area contributed by atoms with Gasteiger partial charge in [0.05, 0.1) is 31.5 Å². The summed E-state index contributed by atoms with van der Waals surface area (Å²) < 4.78 is 5.31. The average Bonchev–Trinajstić information content (AvgIpc) is 3.45. The first-order valence-electron chi connectivity index (χ1n) is 15.0. The lowest BCUT2D eigenvalue weighted by molar-refractivity contribution is -0.143. The van der Waals surface area contributed by atoms with Gasteiger partial charge in [0.2, 0.25) is 17.7 Å². The molecule has 2 aliphatic rings. The second-order valence-electron chi connectivity index (χ2n) is 11.7. The number of nitrogens with one attached hydrogen (secondary N) is 4. The molecule has 0 aliphatic carbocycles. The Morgan fingerprint density at radius 3 is 2.25 bits per heavy atom. The molecular weight excluding hydrogens is 572 g/mol. The summed E-state index contributed by atoms with van der Waals surface area (Å²) in [4.78, 5) is 88.8. The molecule has 0 radical (unpaired) electrons. The highest BCUT2D eigenvalue weighted by Crippen LogP contribution is 2.22. The molecule has 0 unspecified atom stereocenters. The van der Waals surface area contributed by atoms with Crippen LogP contribution in [0.2, 0.25) is 0 Å². The Balaban J connectivity index is 1.79. The van der Waals surface area contributed by atoms with Gasteiger partial charge < -0.3 is 40.6 Å². The van der Waals surface area contributed by atoms with Crippen LogP contribution in [-0.2, 0) is 23.9 Å². The summed E-state index contributed by atoms with van der Waals surface area (Å²) in [7, 11) is 0. The van der Waals surface area contributed by atoms with Gasteiger partial charge in [-0.3, -0.25) is 24.2 Å². The smallest absolute Gasteiger partial charge is 0.317 e. The van der Waals surface area contributed by atoms with Gasteiger partial charge >= 0.3 is 6.03 Å². The van der Waals surface area contributed by atoms with E-state index in [-0.39, 0.29) is 36.5 Å². The molecule has 242 valence electrons. The molecule has 15 nitrogen and oxygen atoms in total. The van der Waals surface area contributed by atoms with Gasteiger partial charge in [-0.25, -0.2) is 9.78 Å². The molecule has 2 aliphatic heterocycles. The quantitative estimate of drug-likeness (QED) is 0.224. The Labute approximate surface area is 257 Å². The molecule has 1 aromatic rings. The largest absolute Gasteiger partial charge is 0.378 e. The van der Waals surface area contributed by atoms with Crippen molar-refractivity contribution in [2.75, 3.05) is 32.8 Å². The van der Waals surface area contributed by atoms with Crippen molar-refractivity contribution in [2.24, 2.45) is 11.8 Å². The van der Waals surface area contributed by atoms with E-state index in [9.17, 15) is 28.8 Å². The van der Waals surface area contributed by atoms with Gasteiger partial charge in [-0.1, -0.05) is 34.6 Å². The van der Waals surface area contributed by atoms with Gasteiger partial charge in [-0.2, -0.15) is 0 Å². The summed E-state index contributed by atoms with van der Waals surface area (Å²) in [5, 5.41) is 11.0. The summed E-state index contributed by atoms with van der Waals surface area (Å²) in [5.41, 5.74) is 0.0410. The lowest BCUT2D eigenvalue weighted by atomic mass is 9.98. The van der Waals surface area contributed by atoms with Crippen LogP contribution in [0.4, 0.5) is 4.79 Å². The number of carbonyl (C=O) groups excluding carboxylic acids is 6. The number of morpholine rings is 1. The molecule has 3 heterocycles. The SMILES string of the molecule is CC[C@@H](C=O)NC(=O)[C@@H]1C[C@@H](NC(=O)N2CCOCC2)CN1C(=O)[C@@H](NC(=O)[C@@H](NC(=O)c1cnccn1)C(C)C)C(C)C. The van der Waals surface area contributed by atoms with Crippen LogP contribution in [0, 0.1) is 11.8 Å². The van der Waals surface area contributed by atoms with E-state index in [4.69, 9.17) is 4.74 Å². The Bertz CT molecular complexity index is 1180. The molecule has 0 saturated carbocycles. The number of hydrogen-bond acceptors (Lipinski definition) is 9. The molecule has 0 aromatic carbocycles. The molecule has 1 aromatic heterocycles. The van der Waals surface area contributed by atoms with E-state index in [0.29, 0.717) is 39.0 Å². The highest BCUT2D eigenvalue weighted by Gasteiger charge is 2.44. The van der Waals surface area contributed by atoms with Crippen LogP contribution >= 0.6 is 0 Å². The highest BCUT2D eigenvalue weighted by molar-refractivity contribution is 5.98. The van der Waals surface area contributed by atoms with E-state index in [1.807, 2.05) is 0 Å². The standard InChI is InChI=1S/C29H44N8O7/c1-6-19(16-38)32-26(40)22-13-20(33-29(43)36-9-11-44-12-10-36)15-37(22)28(42)24(18(4)5)35-27(41)23(17(2)3)34-25(39)21-14-30-7-8-31-21/h7-8,14,16-20,22-24H,6,9-13,15H2,1-5H3,(H,32,40)(H,33,43)(H,34,39)(H,35,41)/t19-,20+,22-,23-,24-/m0/s1. The minimum atomic E-state index is -1.05. The topological polar surface area (TPSA) is 192 Å². The lowest BCUT2D eigenvalue weighted by Gasteiger charge is -2.32. The van der Waals surface area contributed by atoms with E-state index in [0.717, 1.165) is 0 Å². The fourth-order valence-electron chi connectivity index (χ4n) is 5.08. The minimum absolute atomic E-state index is 0.0288. The van der Waals surface area contributed by atoms with Crippen molar-refractivity contribution in [1.82, 2.24) is 41.0 Å². The van der Waals surface area contributed by atoms with Crippen molar-refractivity contribution in [2.45, 2.75) is 77.7 Å². The van der Waals surface area contributed by atoms with Crippen molar-refractivity contribution >= 4 is 35.9 Å². The maximum absolute atomic E-state index is 14.0. The van der Waals surface area contributed by atoms with Crippen LogP contribution in [0.15, 0.2) is 18.6 Å². The summed E-state index contributed by atoms with van der Waals surface area (Å²) in [6, 6.07) is -4.62. The van der Waals surface area contributed by atoms with Crippen molar-refractivity contribution < 1.29 is 33.5 Å². The number of aldehydes is 1. The van der Waals surface area contributed by atoms with Crippen LogP contribution < -0.4 is 21.3 Å². The van der Waals surface area contributed by atoms with Gasteiger partial charge in [0, 0.05) is 32.0 Å². The number of aromatic nitrogens is 2. The Kier molecular flexibility index (Phi) is 12.6. The van der Waals surface area contributed by atoms with Crippen LogP contribution in [0.3, 0.4) is 0 Å². The minimum Gasteiger partial charge on any atom is -0.378 e. The van der Waals surface area contributed by atoms with E-state index in [1.165, 1.54) is 23.5 Å². The third kappa shape index (κ3) is 8.94. The Morgan fingerprint density at radius 2 is 1.68 bits per heavy atom. The summed E-state index contributed by atoms with van der Waals surface area (Å²) in [6.45, 7) is 10.5. The number of likely N-dealkylation sites (tertiary alicyclic amines) is 1. The third-order valence-electron chi connectivity index (χ3n) is 7.71. The van der Waals surface area contributed by atoms with Crippen LogP contribution in [0.5, 0.6) is 0 Å². The van der Waals surface area contributed by atoms with Gasteiger partial charge in [0.25, 0.3) is 5.91 Å². The maximum atomic E-state index is 14.0. The molecule has 4 N–H and O–H groups in total. The second-order valence-corrected chi connectivity index (χ2v) is 11.7. The maximum Gasteiger partial charge on any atom is 0.317 e. The zero-order chi connectivity index (χ0) is 32.4. The van der Waals surface area contributed by atoms with Gasteiger partial charge in [-0.05, 0) is 24.7 Å². The predicted molar refractivity (Wildman–Crippen MR) is 158 cm³/mol. The first-order valence-corrected chi connectivity index (χ1v) is 15.0. The number of rotatable bonds is 12. The zero-order valence-corrected chi connectivity index (χ0v) is 25.9. The van der Waals surface area contributed by atoms with Crippen molar-refractivity contribution in [3.05, 3.63) is 24.3 Å². The fourth-order valence-corrected chi connectivity index (χ4v) is 5.08. The number of amides is 6. The van der Waals surface area contributed by atoms with Crippen LogP contribution in [0.25, 0.3) is 0 Å². The second kappa shape index (κ2) is 16.1. The Hall–Kier alpha value is -4.14. The summed E-state index contributed by atoms with van der Waals surface area (Å²) in [6.07, 6.45) is 5.21. The van der Waals surface area contributed by atoms with Crippen molar-refractivity contribution in [3.8, 4) is 0 Å². The van der Waals surface area contributed by atoms with Crippen molar-refractivity contribution in [3.63, 3.8) is 0 Å². The number of nitrogens with zero attached hydrogens (tertiary/aromatic N) is 4. The third-order valence-corrected chi connectivity index (χ3v) is 7.71. The first kappa shape index (κ1) is 34.4. The number of carbonyl (C=O) groups is 6. The first-order chi connectivity index (χ1) is 21.0. The Morgan fingerprint density at radius 1 is 1.00 bits per heavy atom. The van der Waals surface area contributed by atoms with E-state index < -0.39 is 53.8 Å². The van der Waals surface area contributed by atoms with E-state index in [1.54, 1.807) is 39.5 Å². The van der Waals surface area contributed by atoms with Crippen molar-refractivity contribution in [1.29, 1.82) is 0 Å². The number of urea groups is 1. The molecule has 2 saturated heterocycles. The van der Waals surface area contributed by atoms with Crippen LogP contribution in [0.1, 0.15) is 57.9 Å². The van der Waals surface area contributed by atoms with Gasteiger partial charge in [0.1, 0.15) is 30.1 Å². The number of hydrogen-bond donors (Lipinski definition) is 4. The van der Waals surface area contributed by atoms with Gasteiger partial charge in [-0.15, -0.1) is 0 Å². The molecule has 15 heteroatoms. The van der Waals surface area contributed by atoms with E-state index in [2.05, 4.69) is 31.2 Å². The molecule has 5 atom stereocenters. The van der Waals surface area contributed by atoms with E-state index >= 15 is 0 Å². The summed E-state index contributed by atoms with van der Waals surface area (Å²) >= 11 is 0. The summed E-state index contributed by atoms with van der Waals surface area (Å²) in [5.74, 6) is -2.93. The highest BCUT2D eigenvalue weighted by atomic mass is 16.5. The van der Waals surface area contributed by atoms with Crippen LogP contribution in [-0.4, -0.2) is 119 Å². The molecule has 0 bridgehead atoms. The normalized spacial score (nSPS) is 20.4. The molecule has 6 amide bonds. The molecule has 2 fully saturated rings. The lowest BCUT2D eigenvalue weighted by Crippen LogP contribution is -2.59. The average molecular weight is 617 g/mol. The van der Waals surface area contributed by atoms with Gasteiger partial charge in [0.15, 0.2) is 0 Å². The molecule has 3 rings (SSSR count). The molecular formula is C29H44N8O7. The molecule has 0 spiro atoms. The zero-order valence-electron chi connectivity index (χ0n) is 25.9.